The topological polar surface area (TPSA) is 20.2 Å². The number of hydrogen-bond acceptors (Lipinski definition) is 1. The van der Waals surface area contributed by atoms with Crippen LogP contribution in [0.5, 0.6) is 0 Å². The van der Waals surface area contributed by atoms with E-state index in [9.17, 15) is 9.50 Å². The lowest BCUT2D eigenvalue weighted by Crippen LogP contribution is -2.18. The van der Waals surface area contributed by atoms with E-state index in [1.807, 2.05) is 20.8 Å². The average Bonchev–Trinajstić information content (AvgIpc) is 2.08. The Morgan fingerprint density at radius 2 is 1.93 bits per heavy atom. The van der Waals surface area contributed by atoms with E-state index in [2.05, 4.69) is 0 Å². The number of aliphatic hydroxyl groups is 1. The van der Waals surface area contributed by atoms with Crippen molar-refractivity contribution < 1.29 is 9.50 Å². The van der Waals surface area contributed by atoms with Crippen molar-refractivity contribution in [1.29, 1.82) is 0 Å². The fourth-order valence-electron chi connectivity index (χ4n) is 1.78. The van der Waals surface area contributed by atoms with Crippen LogP contribution in [0.15, 0.2) is 6.07 Å². The van der Waals surface area contributed by atoms with Gasteiger partial charge in [0.2, 0.25) is 0 Å². The van der Waals surface area contributed by atoms with Gasteiger partial charge in [-0.05, 0) is 35.1 Å². The summed E-state index contributed by atoms with van der Waals surface area (Å²) in [5.74, 6) is -0.345. The van der Waals surface area contributed by atoms with E-state index in [0.29, 0.717) is 16.1 Å². The highest BCUT2D eigenvalue weighted by Crippen LogP contribution is 2.33. The molecule has 0 fully saturated rings. The van der Waals surface area contributed by atoms with Crippen LogP contribution in [0, 0.1) is 12.7 Å². The van der Waals surface area contributed by atoms with Crippen LogP contribution in [0.2, 0.25) is 5.02 Å². The Kier molecular flexibility index (Phi) is 3.41. The molecule has 0 radical (unpaired) electrons. The lowest BCUT2D eigenvalue weighted by molar-refractivity contribution is 0.276. The molecule has 3 heteroatoms. The molecule has 0 saturated carbocycles. The Labute approximate surface area is 94.9 Å². The second-order valence-electron chi connectivity index (χ2n) is 4.73. The second-order valence-corrected chi connectivity index (χ2v) is 5.13. The molecule has 1 N–H and O–H groups in total. The van der Waals surface area contributed by atoms with E-state index in [0.717, 1.165) is 5.56 Å². The largest absolute Gasteiger partial charge is 0.392 e. The molecule has 84 valence electrons. The Hall–Kier alpha value is -0.600. The Morgan fingerprint density at radius 3 is 2.33 bits per heavy atom. The third kappa shape index (κ3) is 2.32. The first kappa shape index (κ1) is 12.5. The van der Waals surface area contributed by atoms with Gasteiger partial charge in [-0.25, -0.2) is 4.39 Å². The summed E-state index contributed by atoms with van der Waals surface area (Å²) in [5, 5.41) is 9.65. The standard InChI is InChI=1S/C12H16ClFO/c1-7-8(6-15)11(12(2,3)4)10(14)5-9(7)13/h5,15H,6H2,1-4H3. The van der Waals surface area contributed by atoms with Gasteiger partial charge in [-0.15, -0.1) is 0 Å². The molecule has 0 heterocycles. The van der Waals surface area contributed by atoms with Gasteiger partial charge in [-0.2, -0.15) is 0 Å². The summed E-state index contributed by atoms with van der Waals surface area (Å²) >= 11 is 5.87. The van der Waals surface area contributed by atoms with Crippen LogP contribution in [0.4, 0.5) is 4.39 Å². The van der Waals surface area contributed by atoms with Crippen molar-refractivity contribution in [2.45, 2.75) is 39.7 Å². The molecule has 1 rings (SSSR count). The third-order valence-corrected chi connectivity index (χ3v) is 2.91. The van der Waals surface area contributed by atoms with Crippen molar-refractivity contribution >= 4 is 11.6 Å². The Morgan fingerprint density at radius 1 is 1.40 bits per heavy atom. The molecule has 1 aromatic carbocycles. The van der Waals surface area contributed by atoms with Crippen molar-refractivity contribution in [3.63, 3.8) is 0 Å². The van der Waals surface area contributed by atoms with E-state index < -0.39 is 0 Å². The van der Waals surface area contributed by atoms with E-state index in [4.69, 9.17) is 11.6 Å². The first-order valence-electron chi connectivity index (χ1n) is 4.88. The van der Waals surface area contributed by atoms with Gasteiger partial charge >= 0.3 is 0 Å². The zero-order valence-electron chi connectivity index (χ0n) is 9.49. The molecular formula is C12H16ClFO. The predicted molar refractivity (Wildman–Crippen MR) is 60.8 cm³/mol. The summed E-state index contributed by atoms with van der Waals surface area (Å²) in [6, 6.07) is 1.32. The van der Waals surface area contributed by atoms with Crippen LogP contribution >= 0.6 is 11.6 Å². The first-order chi connectivity index (χ1) is 6.79. The lowest BCUT2D eigenvalue weighted by Gasteiger charge is -2.24. The SMILES string of the molecule is Cc1c(Cl)cc(F)c(C(C)(C)C)c1CO. The molecule has 1 aromatic rings. The summed E-state index contributed by atoms with van der Waals surface area (Å²) in [6.45, 7) is 7.35. The van der Waals surface area contributed by atoms with Gasteiger partial charge in [0.05, 0.1) is 6.61 Å². The Balaban J connectivity index is 3.57. The molecule has 0 unspecified atom stereocenters. The van der Waals surface area contributed by atoms with Gasteiger partial charge < -0.3 is 5.11 Å². The van der Waals surface area contributed by atoms with Gasteiger partial charge in [0, 0.05) is 5.02 Å². The lowest BCUT2D eigenvalue weighted by atomic mass is 9.82. The number of rotatable bonds is 1. The molecule has 0 spiro atoms. The van der Waals surface area contributed by atoms with Crippen LogP contribution in [0.25, 0.3) is 0 Å². The van der Waals surface area contributed by atoms with Gasteiger partial charge in [0.25, 0.3) is 0 Å². The van der Waals surface area contributed by atoms with E-state index >= 15 is 0 Å². The van der Waals surface area contributed by atoms with E-state index in [1.165, 1.54) is 6.07 Å². The number of hydrogen-bond donors (Lipinski definition) is 1. The molecule has 0 aliphatic rings. The van der Waals surface area contributed by atoms with Crippen LogP contribution < -0.4 is 0 Å². The van der Waals surface area contributed by atoms with Crippen molar-refractivity contribution in [2.75, 3.05) is 0 Å². The summed E-state index contributed by atoms with van der Waals surface area (Å²) in [6.07, 6.45) is 0. The van der Waals surface area contributed by atoms with Gasteiger partial charge in [-0.3, -0.25) is 0 Å². The molecule has 0 bridgehead atoms. The maximum absolute atomic E-state index is 13.8. The Bertz CT molecular complexity index is 380. The fraction of sp³-hybridized carbons (Fsp3) is 0.500. The predicted octanol–water partition coefficient (Wildman–Crippen LogP) is 3.58. The molecule has 0 aliphatic heterocycles. The molecule has 1 nitrogen and oxygen atoms in total. The smallest absolute Gasteiger partial charge is 0.128 e. The number of halogens is 2. The monoisotopic (exact) mass is 230 g/mol. The zero-order valence-corrected chi connectivity index (χ0v) is 10.2. The summed E-state index contributed by atoms with van der Waals surface area (Å²) in [7, 11) is 0. The third-order valence-electron chi connectivity index (χ3n) is 2.51. The second kappa shape index (κ2) is 4.11. The highest BCUT2D eigenvalue weighted by molar-refractivity contribution is 6.31. The maximum atomic E-state index is 13.8. The molecule has 0 aromatic heterocycles. The zero-order chi connectivity index (χ0) is 11.8. The minimum absolute atomic E-state index is 0.185. The first-order valence-corrected chi connectivity index (χ1v) is 5.25. The van der Waals surface area contributed by atoms with Crippen molar-refractivity contribution in [3.05, 3.63) is 33.6 Å². The van der Waals surface area contributed by atoms with Crippen molar-refractivity contribution in [2.24, 2.45) is 0 Å². The average molecular weight is 231 g/mol. The van der Waals surface area contributed by atoms with E-state index in [-0.39, 0.29) is 17.8 Å². The quantitative estimate of drug-likeness (QED) is 0.782. The van der Waals surface area contributed by atoms with Gasteiger partial charge in [0.1, 0.15) is 5.82 Å². The van der Waals surface area contributed by atoms with Crippen LogP contribution in [0.1, 0.15) is 37.5 Å². The normalized spacial score (nSPS) is 11.9. The molecule has 0 saturated heterocycles. The fourth-order valence-corrected chi connectivity index (χ4v) is 1.99. The van der Waals surface area contributed by atoms with Crippen LogP contribution in [-0.4, -0.2) is 5.11 Å². The molecule has 0 aliphatic carbocycles. The number of aliphatic hydroxyl groups excluding tert-OH is 1. The van der Waals surface area contributed by atoms with Gasteiger partial charge in [-0.1, -0.05) is 32.4 Å². The summed E-state index contributed by atoms with van der Waals surface area (Å²) in [4.78, 5) is 0. The van der Waals surface area contributed by atoms with Gasteiger partial charge in [0.15, 0.2) is 0 Å². The van der Waals surface area contributed by atoms with Crippen molar-refractivity contribution in [3.8, 4) is 0 Å². The maximum Gasteiger partial charge on any atom is 0.128 e. The van der Waals surface area contributed by atoms with Crippen LogP contribution in [0.3, 0.4) is 0 Å². The minimum atomic E-state index is -0.345. The number of benzene rings is 1. The van der Waals surface area contributed by atoms with E-state index in [1.54, 1.807) is 6.92 Å². The molecule has 0 amide bonds. The highest BCUT2D eigenvalue weighted by atomic mass is 35.5. The summed E-state index contributed by atoms with van der Waals surface area (Å²) < 4.78 is 13.8. The molecular weight excluding hydrogens is 215 g/mol. The minimum Gasteiger partial charge on any atom is -0.392 e. The molecule has 0 atom stereocenters. The molecule has 15 heavy (non-hydrogen) atoms. The highest BCUT2D eigenvalue weighted by Gasteiger charge is 2.24. The summed E-state index contributed by atoms with van der Waals surface area (Å²) in [5.41, 5.74) is 1.57. The van der Waals surface area contributed by atoms with Crippen molar-refractivity contribution in [1.82, 2.24) is 0 Å². The van der Waals surface area contributed by atoms with Crippen LogP contribution in [-0.2, 0) is 12.0 Å².